The third-order valence-corrected chi connectivity index (χ3v) is 4.89. The summed E-state index contributed by atoms with van der Waals surface area (Å²) in [6.45, 7) is 6.26. The van der Waals surface area contributed by atoms with Crippen molar-refractivity contribution in [3.63, 3.8) is 0 Å². The molecule has 1 N–H and O–H groups in total. The zero-order valence-electron chi connectivity index (χ0n) is 13.7. The van der Waals surface area contributed by atoms with Crippen LogP contribution in [0.25, 0.3) is 11.1 Å². The van der Waals surface area contributed by atoms with E-state index >= 15 is 0 Å². The van der Waals surface area contributed by atoms with E-state index in [-0.39, 0.29) is 0 Å². The lowest BCUT2D eigenvalue weighted by Crippen LogP contribution is -2.26. The lowest BCUT2D eigenvalue weighted by atomic mass is 9.84. The van der Waals surface area contributed by atoms with Gasteiger partial charge in [-0.05, 0) is 37.5 Å². The van der Waals surface area contributed by atoms with Crippen LogP contribution < -0.4 is 0 Å². The van der Waals surface area contributed by atoms with Crippen molar-refractivity contribution in [2.24, 2.45) is 0 Å². The molecule has 0 saturated heterocycles. The predicted molar refractivity (Wildman–Crippen MR) is 94.6 cm³/mol. The Balaban J connectivity index is 2.07. The molecular weight excluding hydrogens is 280 g/mol. The summed E-state index contributed by atoms with van der Waals surface area (Å²) in [5.74, 6) is 0. The van der Waals surface area contributed by atoms with Crippen molar-refractivity contribution in [1.29, 1.82) is 0 Å². The van der Waals surface area contributed by atoms with Crippen molar-refractivity contribution in [3.05, 3.63) is 94.0 Å². The van der Waals surface area contributed by atoms with Crippen LogP contribution in [0.2, 0.25) is 0 Å². The highest BCUT2D eigenvalue weighted by Gasteiger charge is 2.42. The van der Waals surface area contributed by atoms with Crippen LogP contribution in [0.4, 0.5) is 0 Å². The highest BCUT2D eigenvalue weighted by molar-refractivity contribution is 5.83. The molecule has 0 saturated carbocycles. The SMILES string of the molecule is Cc1ccc(C2(O)c3ccc(C)cc3-c3cc(C)ccc32)cc1. The van der Waals surface area contributed by atoms with Gasteiger partial charge in [-0.3, -0.25) is 0 Å². The largest absolute Gasteiger partial charge is 0.376 e. The third-order valence-electron chi connectivity index (χ3n) is 4.89. The zero-order valence-corrected chi connectivity index (χ0v) is 13.7. The molecule has 114 valence electrons. The smallest absolute Gasteiger partial charge is 0.141 e. The second kappa shape index (κ2) is 4.81. The molecule has 0 aromatic heterocycles. The van der Waals surface area contributed by atoms with Crippen LogP contribution in [-0.2, 0) is 5.60 Å². The van der Waals surface area contributed by atoms with Crippen LogP contribution in [0, 0.1) is 20.8 Å². The average Bonchev–Trinajstić information content (AvgIpc) is 2.77. The molecule has 0 atom stereocenters. The summed E-state index contributed by atoms with van der Waals surface area (Å²) in [7, 11) is 0. The normalized spacial score (nSPS) is 14.4. The van der Waals surface area contributed by atoms with E-state index in [2.05, 4.69) is 69.3 Å². The molecule has 0 aliphatic heterocycles. The van der Waals surface area contributed by atoms with Gasteiger partial charge in [0.1, 0.15) is 5.60 Å². The van der Waals surface area contributed by atoms with Crippen molar-refractivity contribution in [1.82, 2.24) is 0 Å². The van der Waals surface area contributed by atoms with E-state index in [0.29, 0.717) is 0 Å². The van der Waals surface area contributed by atoms with E-state index in [1.807, 2.05) is 12.1 Å². The maximum absolute atomic E-state index is 11.7. The second-order valence-corrected chi connectivity index (χ2v) is 6.67. The molecule has 3 aromatic carbocycles. The quantitative estimate of drug-likeness (QED) is 0.679. The van der Waals surface area contributed by atoms with E-state index < -0.39 is 5.60 Å². The van der Waals surface area contributed by atoms with Gasteiger partial charge < -0.3 is 5.11 Å². The maximum Gasteiger partial charge on any atom is 0.141 e. The second-order valence-electron chi connectivity index (χ2n) is 6.67. The van der Waals surface area contributed by atoms with Gasteiger partial charge in [0.05, 0.1) is 0 Å². The molecule has 3 aromatic rings. The lowest BCUT2D eigenvalue weighted by molar-refractivity contribution is 0.130. The van der Waals surface area contributed by atoms with E-state index in [4.69, 9.17) is 0 Å². The van der Waals surface area contributed by atoms with Gasteiger partial charge in [-0.25, -0.2) is 0 Å². The standard InChI is InChI=1S/C22H20O/c1-14-4-8-17(9-5-14)22(23)20-10-6-15(2)12-18(20)19-13-16(3)7-11-21(19)22/h4-13,23H,1-3H3. The summed E-state index contributed by atoms with van der Waals surface area (Å²) in [6.07, 6.45) is 0. The van der Waals surface area contributed by atoms with Crippen molar-refractivity contribution in [3.8, 4) is 11.1 Å². The first-order valence-electron chi connectivity index (χ1n) is 8.02. The number of hydrogen-bond donors (Lipinski definition) is 1. The molecule has 0 amide bonds. The maximum atomic E-state index is 11.7. The Morgan fingerprint density at radius 3 is 1.52 bits per heavy atom. The fourth-order valence-corrected chi connectivity index (χ4v) is 3.64. The number of fused-ring (bicyclic) bond motifs is 3. The first kappa shape index (κ1) is 14.2. The van der Waals surface area contributed by atoms with Crippen LogP contribution in [0.3, 0.4) is 0 Å². The van der Waals surface area contributed by atoms with Gasteiger partial charge in [0.15, 0.2) is 0 Å². The number of benzene rings is 3. The highest BCUT2D eigenvalue weighted by Crippen LogP contribution is 2.51. The average molecular weight is 300 g/mol. The number of rotatable bonds is 1. The molecule has 0 heterocycles. The molecule has 4 rings (SSSR count). The summed E-state index contributed by atoms with van der Waals surface area (Å²) in [4.78, 5) is 0. The zero-order chi connectivity index (χ0) is 16.2. The Kier molecular flexibility index (Phi) is 2.97. The third kappa shape index (κ3) is 1.97. The molecule has 1 heteroatoms. The minimum Gasteiger partial charge on any atom is -0.376 e. The van der Waals surface area contributed by atoms with Crippen molar-refractivity contribution in [2.45, 2.75) is 26.4 Å². The summed E-state index contributed by atoms with van der Waals surface area (Å²) >= 11 is 0. The van der Waals surface area contributed by atoms with Crippen LogP contribution in [-0.4, -0.2) is 5.11 Å². The molecular formula is C22H20O. The summed E-state index contributed by atoms with van der Waals surface area (Å²) < 4.78 is 0. The van der Waals surface area contributed by atoms with Gasteiger partial charge in [-0.15, -0.1) is 0 Å². The first-order chi connectivity index (χ1) is 11.0. The predicted octanol–water partition coefficient (Wildman–Crippen LogP) is 4.88. The minimum absolute atomic E-state index is 0.927. The van der Waals surface area contributed by atoms with Gasteiger partial charge in [-0.1, -0.05) is 77.4 Å². The number of hydrogen-bond acceptors (Lipinski definition) is 1. The number of aliphatic hydroxyl groups is 1. The Bertz CT molecular complexity index is 852. The van der Waals surface area contributed by atoms with Gasteiger partial charge >= 0.3 is 0 Å². The van der Waals surface area contributed by atoms with Gasteiger partial charge in [-0.2, -0.15) is 0 Å². The summed E-state index contributed by atoms with van der Waals surface area (Å²) in [6, 6.07) is 20.9. The van der Waals surface area contributed by atoms with Crippen LogP contribution in [0.1, 0.15) is 33.4 Å². The monoisotopic (exact) mass is 300 g/mol. The molecule has 0 unspecified atom stereocenters. The fourth-order valence-electron chi connectivity index (χ4n) is 3.64. The molecule has 0 spiro atoms. The first-order valence-corrected chi connectivity index (χ1v) is 8.02. The van der Waals surface area contributed by atoms with Gasteiger partial charge in [0.25, 0.3) is 0 Å². The topological polar surface area (TPSA) is 20.2 Å². The molecule has 1 aliphatic rings. The molecule has 1 nitrogen and oxygen atoms in total. The van der Waals surface area contributed by atoms with Gasteiger partial charge in [0, 0.05) is 11.1 Å². The Hall–Kier alpha value is -2.38. The van der Waals surface area contributed by atoms with Crippen molar-refractivity contribution < 1.29 is 5.11 Å². The van der Waals surface area contributed by atoms with Crippen LogP contribution in [0.5, 0.6) is 0 Å². The lowest BCUT2D eigenvalue weighted by Gasteiger charge is -2.27. The fraction of sp³-hybridized carbons (Fsp3) is 0.182. The van der Waals surface area contributed by atoms with E-state index in [1.165, 1.54) is 16.7 Å². The number of aryl methyl sites for hydroxylation is 3. The Morgan fingerprint density at radius 2 is 1.04 bits per heavy atom. The highest BCUT2D eigenvalue weighted by atomic mass is 16.3. The van der Waals surface area contributed by atoms with Crippen molar-refractivity contribution in [2.75, 3.05) is 0 Å². The summed E-state index contributed by atoms with van der Waals surface area (Å²) in [5.41, 5.74) is 7.73. The molecule has 0 bridgehead atoms. The van der Waals surface area contributed by atoms with E-state index in [0.717, 1.165) is 27.8 Å². The molecule has 0 fully saturated rings. The Labute approximate surface area is 137 Å². The summed E-state index contributed by atoms with van der Waals surface area (Å²) in [5, 5.41) is 11.7. The minimum atomic E-state index is -1.07. The molecule has 23 heavy (non-hydrogen) atoms. The molecule has 1 aliphatic carbocycles. The molecule has 0 radical (unpaired) electrons. The van der Waals surface area contributed by atoms with Gasteiger partial charge in [0.2, 0.25) is 0 Å². The van der Waals surface area contributed by atoms with E-state index in [9.17, 15) is 5.11 Å². The van der Waals surface area contributed by atoms with Crippen LogP contribution in [0.15, 0.2) is 60.7 Å². The van der Waals surface area contributed by atoms with E-state index in [1.54, 1.807) is 0 Å². The Morgan fingerprint density at radius 1 is 0.609 bits per heavy atom. The van der Waals surface area contributed by atoms with Crippen molar-refractivity contribution >= 4 is 0 Å². The van der Waals surface area contributed by atoms with Crippen LogP contribution >= 0.6 is 0 Å².